The number of fused-ring (bicyclic) bond motifs is 3. The number of nitrogens with one attached hydrogen (secondary N) is 1. The highest BCUT2D eigenvalue weighted by Gasteiger charge is 2.20. The van der Waals surface area contributed by atoms with Crippen LogP contribution in [0.3, 0.4) is 0 Å². The molecule has 0 atom stereocenters. The number of methoxy groups -OCH3 is 1. The van der Waals surface area contributed by atoms with Gasteiger partial charge in [-0.1, -0.05) is 18.2 Å². The Morgan fingerprint density at radius 2 is 2.00 bits per heavy atom. The van der Waals surface area contributed by atoms with E-state index in [0.717, 1.165) is 27.6 Å². The molecule has 1 amide bonds. The summed E-state index contributed by atoms with van der Waals surface area (Å²) in [5.41, 5.74) is 5.42. The number of ether oxygens (including phenoxy) is 1. The van der Waals surface area contributed by atoms with Crippen molar-refractivity contribution in [2.75, 3.05) is 19.0 Å². The van der Waals surface area contributed by atoms with Gasteiger partial charge in [0.15, 0.2) is 0 Å². The molecule has 3 heterocycles. The van der Waals surface area contributed by atoms with Gasteiger partial charge in [-0.2, -0.15) is 0 Å². The summed E-state index contributed by atoms with van der Waals surface area (Å²) in [7, 11) is 3.69. The van der Waals surface area contributed by atoms with Crippen molar-refractivity contribution in [1.29, 1.82) is 0 Å². The van der Waals surface area contributed by atoms with Crippen LogP contribution in [-0.2, 0) is 18.3 Å². The molecule has 0 saturated carbocycles. The molecule has 0 saturated heterocycles. The number of rotatable bonds is 5. The standard InChI is InChI=1S/C21H22N4O2/c1-14-8-9-15(13-22-14)23-21(26)19-12-18-20(25(19)10-11-27-3)16-6-4-5-7-17(16)24(18)2/h4-9,12-13H,10-11H2,1-3H3,(H,23,26). The summed E-state index contributed by atoms with van der Waals surface area (Å²) in [6, 6.07) is 13.9. The van der Waals surface area contributed by atoms with Crippen molar-refractivity contribution in [1.82, 2.24) is 14.1 Å². The van der Waals surface area contributed by atoms with Crippen molar-refractivity contribution in [2.24, 2.45) is 7.05 Å². The average Bonchev–Trinajstić information content (AvgIpc) is 3.18. The molecule has 3 aromatic heterocycles. The van der Waals surface area contributed by atoms with Gasteiger partial charge in [-0.25, -0.2) is 0 Å². The maximum atomic E-state index is 13.0. The first-order chi connectivity index (χ1) is 13.1. The molecular weight excluding hydrogens is 340 g/mol. The molecule has 6 heteroatoms. The summed E-state index contributed by atoms with van der Waals surface area (Å²) in [4.78, 5) is 17.2. The SMILES string of the molecule is COCCn1c(C(=O)Nc2ccc(C)nc2)cc2c1c1ccccc1n2C. The Labute approximate surface area is 157 Å². The van der Waals surface area contributed by atoms with Gasteiger partial charge in [-0.05, 0) is 31.2 Å². The number of amides is 1. The van der Waals surface area contributed by atoms with E-state index in [-0.39, 0.29) is 5.91 Å². The molecule has 6 nitrogen and oxygen atoms in total. The van der Waals surface area contributed by atoms with Gasteiger partial charge in [0.05, 0.1) is 35.0 Å². The van der Waals surface area contributed by atoms with Crippen molar-refractivity contribution in [3.63, 3.8) is 0 Å². The van der Waals surface area contributed by atoms with E-state index in [0.29, 0.717) is 24.5 Å². The largest absolute Gasteiger partial charge is 0.383 e. The van der Waals surface area contributed by atoms with Crippen molar-refractivity contribution in [3.8, 4) is 0 Å². The summed E-state index contributed by atoms with van der Waals surface area (Å²) in [6.45, 7) is 3.04. The van der Waals surface area contributed by atoms with Gasteiger partial charge >= 0.3 is 0 Å². The minimum Gasteiger partial charge on any atom is -0.383 e. The Kier molecular flexibility index (Phi) is 4.41. The molecule has 0 aliphatic carbocycles. The minimum atomic E-state index is -0.156. The minimum absolute atomic E-state index is 0.156. The molecular formula is C21H22N4O2. The van der Waals surface area contributed by atoms with Crippen LogP contribution in [0.1, 0.15) is 16.2 Å². The van der Waals surface area contributed by atoms with Crippen molar-refractivity contribution in [3.05, 3.63) is 60.0 Å². The molecule has 1 N–H and O–H groups in total. The van der Waals surface area contributed by atoms with Crippen LogP contribution in [0.15, 0.2) is 48.7 Å². The number of benzene rings is 1. The lowest BCUT2D eigenvalue weighted by Crippen LogP contribution is -2.18. The van der Waals surface area contributed by atoms with Crippen molar-refractivity contribution < 1.29 is 9.53 Å². The molecule has 0 radical (unpaired) electrons. The zero-order chi connectivity index (χ0) is 19.0. The highest BCUT2D eigenvalue weighted by molar-refractivity contribution is 6.12. The lowest BCUT2D eigenvalue weighted by Gasteiger charge is -2.11. The molecule has 0 aliphatic heterocycles. The normalized spacial score (nSPS) is 11.4. The third-order valence-corrected chi connectivity index (χ3v) is 4.88. The van der Waals surface area contributed by atoms with Gasteiger partial charge in [0.1, 0.15) is 5.69 Å². The second-order valence-electron chi connectivity index (χ2n) is 6.63. The van der Waals surface area contributed by atoms with E-state index in [1.54, 1.807) is 13.3 Å². The summed E-state index contributed by atoms with van der Waals surface area (Å²) in [6.07, 6.45) is 1.67. The number of hydrogen-bond donors (Lipinski definition) is 1. The summed E-state index contributed by atoms with van der Waals surface area (Å²) in [5.74, 6) is -0.156. The van der Waals surface area contributed by atoms with Crippen LogP contribution in [0.4, 0.5) is 5.69 Å². The molecule has 1 aromatic carbocycles. The van der Waals surface area contributed by atoms with Crippen LogP contribution in [0.25, 0.3) is 21.9 Å². The number of carbonyl (C=O) groups is 1. The molecule has 27 heavy (non-hydrogen) atoms. The quantitative estimate of drug-likeness (QED) is 0.588. The third kappa shape index (κ3) is 2.98. The summed E-state index contributed by atoms with van der Waals surface area (Å²) < 4.78 is 9.44. The van der Waals surface area contributed by atoms with Crippen LogP contribution in [0, 0.1) is 6.92 Å². The average molecular weight is 362 g/mol. The summed E-state index contributed by atoms with van der Waals surface area (Å²) >= 11 is 0. The predicted molar refractivity (Wildman–Crippen MR) is 107 cm³/mol. The van der Waals surface area contributed by atoms with Gasteiger partial charge in [0, 0.05) is 31.8 Å². The molecule has 0 bridgehead atoms. The number of nitrogens with zero attached hydrogens (tertiary/aromatic N) is 3. The van der Waals surface area contributed by atoms with E-state index >= 15 is 0 Å². The lowest BCUT2D eigenvalue weighted by molar-refractivity contribution is 0.101. The number of para-hydroxylation sites is 1. The monoisotopic (exact) mass is 362 g/mol. The predicted octanol–water partition coefficient (Wildman–Crippen LogP) is 3.74. The van der Waals surface area contributed by atoms with Crippen molar-refractivity contribution in [2.45, 2.75) is 13.5 Å². The van der Waals surface area contributed by atoms with Crippen molar-refractivity contribution >= 4 is 33.5 Å². The third-order valence-electron chi connectivity index (χ3n) is 4.88. The van der Waals surface area contributed by atoms with Crippen LogP contribution in [0.5, 0.6) is 0 Å². The molecule has 4 rings (SSSR count). The molecule has 138 valence electrons. The van der Waals surface area contributed by atoms with Crippen LogP contribution in [0.2, 0.25) is 0 Å². The number of carbonyl (C=O) groups excluding carboxylic acids is 1. The summed E-state index contributed by atoms with van der Waals surface area (Å²) in [5, 5.41) is 4.08. The van der Waals surface area contributed by atoms with Gasteiger partial charge in [0.25, 0.3) is 5.91 Å². The van der Waals surface area contributed by atoms with E-state index in [9.17, 15) is 4.79 Å². The smallest absolute Gasteiger partial charge is 0.272 e. The first-order valence-electron chi connectivity index (χ1n) is 8.89. The molecule has 0 aliphatic rings. The van der Waals surface area contributed by atoms with Crippen LogP contribution < -0.4 is 5.32 Å². The second-order valence-corrected chi connectivity index (χ2v) is 6.63. The number of aryl methyl sites for hydroxylation is 2. The van der Waals surface area contributed by atoms with E-state index in [2.05, 4.69) is 27.0 Å². The van der Waals surface area contributed by atoms with Gasteiger partial charge in [0.2, 0.25) is 0 Å². The van der Waals surface area contributed by atoms with Gasteiger partial charge in [-0.15, -0.1) is 0 Å². The van der Waals surface area contributed by atoms with E-state index in [4.69, 9.17) is 4.74 Å². The number of anilines is 1. The highest BCUT2D eigenvalue weighted by atomic mass is 16.5. The zero-order valence-corrected chi connectivity index (χ0v) is 15.7. The fourth-order valence-corrected chi connectivity index (χ4v) is 3.51. The fourth-order valence-electron chi connectivity index (χ4n) is 3.51. The first-order valence-corrected chi connectivity index (χ1v) is 8.89. The second kappa shape index (κ2) is 6.89. The van der Waals surface area contributed by atoms with Crippen LogP contribution >= 0.6 is 0 Å². The van der Waals surface area contributed by atoms with E-state index in [1.165, 1.54) is 0 Å². The lowest BCUT2D eigenvalue weighted by atomic mass is 10.2. The first kappa shape index (κ1) is 17.3. The molecule has 0 fully saturated rings. The fraction of sp³-hybridized carbons (Fsp3) is 0.238. The topological polar surface area (TPSA) is 61.1 Å². The Morgan fingerprint density at radius 3 is 2.74 bits per heavy atom. The Bertz CT molecular complexity index is 1120. The Balaban J connectivity index is 1.82. The van der Waals surface area contributed by atoms with Crippen LogP contribution in [-0.4, -0.2) is 33.7 Å². The number of pyridine rings is 1. The molecule has 4 aromatic rings. The Morgan fingerprint density at radius 1 is 1.19 bits per heavy atom. The van der Waals surface area contributed by atoms with Gasteiger partial charge < -0.3 is 19.2 Å². The van der Waals surface area contributed by atoms with Gasteiger partial charge in [-0.3, -0.25) is 9.78 Å². The maximum absolute atomic E-state index is 13.0. The van der Waals surface area contributed by atoms with E-state index < -0.39 is 0 Å². The Hall–Kier alpha value is -3.12. The zero-order valence-electron chi connectivity index (χ0n) is 15.7. The molecule has 0 spiro atoms. The van der Waals surface area contributed by atoms with E-state index in [1.807, 2.05) is 48.9 Å². The number of aromatic nitrogens is 3. The highest BCUT2D eigenvalue weighted by Crippen LogP contribution is 2.31. The maximum Gasteiger partial charge on any atom is 0.272 e. The number of hydrogen-bond acceptors (Lipinski definition) is 3. The molecule has 0 unspecified atom stereocenters.